The van der Waals surface area contributed by atoms with Gasteiger partial charge in [0.2, 0.25) is 0 Å². The predicted octanol–water partition coefficient (Wildman–Crippen LogP) is 5.23. The van der Waals surface area contributed by atoms with E-state index in [1.807, 2.05) is 0 Å². The monoisotopic (exact) mass is 391 g/mol. The van der Waals surface area contributed by atoms with E-state index < -0.39 is 5.82 Å². The molecule has 0 radical (unpaired) electrons. The standard InChI is InChI=1S/C15H13BrCl2FNO/c1-20-13(8-21-10-4-2-9(17)3-5-10)11-6-7-12(16)14(18)15(11)19/h2-7,13,20H,8H2,1H3. The van der Waals surface area contributed by atoms with Crippen molar-refractivity contribution in [2.24, 2.45) is 0 Å². The van der Waals surface area contributed by atoms with Gasteiger partial charge in [0.25, 0.3) is 0 Å². The van der Waals surface area contributed by atoms with Crippen molar-refractivity contribution in [3.05, 3.63) is 62.3 Å². The maximum atomic E-state index is 14.2. The Balaban J connectivity index is 2.13. The van der Waals surface area contributed by atoms with Crippen molar-refractivity contribution in [2.75, 3.05) is 13.7 Å². The van der Waals surface area contributed by atoms with Crippen molar-refractivity contribution in [1.82, 2.24) is 5.32 Å². The summed E-state index contributed by atoms with van der Waals surface area (Å²) in [6.45, 7) is 0.271. The third-order valence-electron chi connectivity index (χ3n) is 3.02. The number of benzene rings is 2. The van der Waals surface area contributed by atoms with Crippen molar-refractivity contribution in [2.45, 2.75) is 6.04 Å². The minimum absolute atomic E-state index is 0.0687. The number of hydrogen-bond acceptors (Lipinski definition) is 2. The van der Waals surface area contributed by atoms with Gasteiger partial charge in [-0.25, -0.2) is 4.39 Å². The summed E-state index contributed by atoms with van der Waals surface area (Å²) < 4.78 is 20.4. The Bertz CT molecular complexity index is 622. The molecule has 21 heavy (non-hydrogen) atoms. The Morgan fingerprint density at radius 1 is 1.19 bits per heavy atom. The van der Waals surface area contributed by atoms with E-state index in [1.165, 1.54) is 0 Å². The maximum Gasteiger partial charge on any atom is 0.147 e. The largest absolute Gasteiger partial charge is 0.492 e. The third-order valence-corrected chi connectivity index (χ3v) is 4.53. The van der Waals surface area contributed by atoms with Gasteiger partial charge in [-0.1, -0.05) is 29.3 Å². The fourth-order valence-electron chi connectivity index (χ4n) is 1.85. The summed E-state index contributed by atoms with van der Waals surface area (Å²) >= 11 is 14.9. The zero-order valence-corrected chi connectivity index (χ0v) is 14.3. The average Bonchev–Trinajstić information content (AvgIpc) is 2.49. The maximum absolute atomic E-state index is 14.2. The van der Waals surface area contributed by atoms with Crippen molar-refractivity contribution in [3.63, 3.8) is 0 Å². The van der Waals surface area contributed by atoms with Crippen LogP contribution in [0, 0.1) is 5.82 Å². The van der Waals surface area contributed by atoms with E-state index in [9.17, 15) is 4.39 Å². The Labute approximate surface area is 141 Å². The molecule has 0 spiro atoms. The first-order chi connectivity index (χ1) is 10.0. The normalized spacial score (nSPS) is 12.2. The summed E-state index contributed by atoms with van der Waals surface area (Å²) in [6.07, 6.45) is 0. The lowest BCUT2D eigenvalue weighted by molar-refractivity contribution is 0.270. The summed E-state index contributed by atoms with van der Waals surface area (Å²) in [4.78, 5) is 0. The fourth-order valence-corrected chi connectivity index (χ4v) is 2.45. The summed E-state index contributed by atoms with van der Waals surface area (Å²) in [7, 11) is 1.74. The highest BCUT2D eigenvalue weighted by Gasteiger charge is 2.18. The van der Waals surface area contributed by atoms with Crippen LogP contribution >= 0.6 is 39.1 Å². The number of ether oxygens (including phenoxy) is 1. The van der Waals surface area contributed by atoms with Gasteiger partial charge >= 0.3 is 0 Å². The number of likely N-dealkylation sites (N-methyl/N-ethyl adjacent to an activating group) is 1. The van der Waals surface area contributed by atoms with Crippen molar-refractivity contribution in [1.29, 1.82) is 0 Å². The molecule has 0 aliphatic carbocycles. The highest BCUT2D eigenvalue weighted by molar-refractivity contribution is 9.10. The highest BCUT2D eigenvalue weighted by Crippen LogP contribution is 2.30. The molecule has 0 saturated heterocycles. The van der Waals surface area contributed by atoms with E-state index in [0.717, 1.165) is 0 Å². The first-order valence-electron chi connectivity index (χ1n) is 6.22. The highest BCUT2D eigenvalue weighted by atomic mass is 79.9. The van der Waals surface area contributed by atoms with Crippen LogP contribution in [0.4, 0.5) is 4.39 Å². The van der Waals surface area contributed by atoms with E-state index in [2.05, 4.69) is 21.2 Å². The molecule has 1 atom stereocenters. The van der Waals surface area contributed by atoms with E-state index >= 15 is 0 Å². The van der Waals surface area contributed by atoms with Crippen molar-refractivity contribution in [3.8, 4) is 5.75 Å². The minimum Gasteiger partial charge on any atom is -0.492 e. The summed E-state index contributed by atoms with van der Waals surface area (Å²) in [6, 6.07) is 10.1. The SMILES string of the molecule is CNC(COc1ccc(Cl)cc1)c1ccc(Br)c(Cl)c1F. The average molecular weight is 393 g/mol. The molecular formula is C15H13BrCl2FNO. The zero-order chi connectivity index (χ0) is 15.4. The van der Waals surface area contributed by atoms with Crippen LogP contribution in [0.3, 0.4) is 0 Å². The van der Waals surface area contributed by atoms with Crippen LogP contribution in [0.2, 0.25) is 10.0 Å². The first kappa shape index (κ1) is 16.6. The number of rotatable bonds is 5. The molecule has 2 rings (SSSR count). The minimum atomic E-state index is -0.454. The molecule has 2 aromatic rings. The van der Waals surface area contributed by atoms with Crippen LogP contribution in [0.1, 0.15) is 11.6 Å². The molecule has 1 unspecified atom stereocenters. The molecule has 0 bridgehead atoms. The fraction of sp³-hybridized carbons (Fsp3) is 0.200. The molecule has 0 fully saturated rings. The van der Waals surface area contributed by atoms with Gasteiger partial charge in [-0.05, 0) is 53.3 Å². The van der Waals surface area contributed by atoms with E-state index in [4.69, 9.17) is 27.9 Å². The molecule has 0 aromatic heterocycles. The molecular weight excluding hydrogens is 380 g/mol. The molecule has 0 saturated carbocycles. The van der Waals surface area contributed by atoms with Gasteiger partial charge in [0, 0.05) is 15.1 Å². The lowest BCUT2D eigenvalue weighted by Gasteiger charge is -2.19. The van der Waals surface area contributed by atoms with E-state index in [1.54, 1.807) is 43.4 Å². The van der Waals surface area contributed by atoms with Gasteiger partial charge in [0.1, 0.15) is 18.2 Å². The van der Waals surface area contributed by atoms with Crippen LogP contribution in [0.25, 0.3) is 0 Å². The molecule has 0 aliphatic rings. The Morgan fingerprint density at radius 2 is 1.86 bits per heavy atom. The molecule has 2 nitrogen and oxygen atoms in total. The van der Waals surface area contributed by atoms with Crippen molar-refractivity contribution < 1.29 is 9.13 Å². The lowest BCUT2D eigenvalue weighted by Crippen LogP contribution is -2.24. The number of hydrogen-bond donors (Lipinski definition) is 1. The van der Waals surface area contributed by atoms with E-state index in [-0.39, 0.29) is 17.7 Å². The van der Waals surface area contributed by atoms with E-state index in [0.29, 0.717) is 20.8 Å². The van der Waals surface area contributed by atoms with Gasteiger partial charge in [-0.15, -0.1) is 0 Å². The van der Waals surface area contributed by atoms with Crippen LogP contribution in [-0.2, 0) is 0 Å². The number of nitrogens with one attached hydrogen (secondary N) is 1. The topological polar surface area (TPSA) is 21.3 Å². The zero-order valence-electron chi connectivity index (χ0n) is 11.2. The van der Waals surface area contributed by atoms with Crippen LogP contribution < -0.4 is 10.1 Å². The third kappa shape index (κ3) is 4.10. The molecule has 0 heterocycles. The molecule has 0 aliphatic heterocycles. The number of halogens is 4. The second-order valence-electron chi connectivity index (χ2n) is 4.37. The molecule has 112 valence electrons. The molecule has 0 amide bonds. The Morgan fingerprint density at radius 3 is 2.48 bits per heavy atom. The Hall–Kier alpha value is -0.810. The van der Waals surface area contributed by atoms with Crippen LogP contribution in [0.15, 0.2) is 40.9 Å². The van der Waals surface area contributed by atoms with Gasteiger partial charge in [-0.2, -0.15) is 0 Å². The van der Waals surface area contributed by atoms with Gasteiger partial charge in [0.05, 0.1) is 11.1 Å². The molecule has 1 N–H and O–H groups in total. The molecule has 2 aromatic carbocycles. The summed E-state index contributed by atoms with van der Waals surface area (Å²) in [5, 5.41) is 3.73. The quantitative estimate of drug-likeness (QED) is 0.703. The predicted molar refractivity (Wildman–Crippen MR) is 87.9 cm³/mol. The summed E-state index contributed by atoms with van der Waals surface area (Å²) in [5.41, 5.74) is 0.458. The lowest BCUT2D eigenvalue weighted by atomic mass is 10.1. The second kappa shape index (κ2) is 7.45. The van der Waals surface area contributed by atoms with Crippen LogP contribution in [0.5, 0.6) is 5.75 Å². The Kier molecular flexibility index (Phi) is 5.88. The summed E-state index contributed by atoms with van der Waals surface area (Å²) in [5.74, 6) is 0.216. The smallest absolute Gasteiger partial charge is 0.147 e. The van der Waals surface area contributed by atoms with Crippen molar-refractivity contribution >= 4 is 39.1 Å². The second-order valence-corrected chi connectivity index (χ2v) is 6.04. The van der Waals surface area contributed by atoms with Gasteiger partial charge < -0.3 is 10.1 Å². The van der Waals surface area contributed by atoms with Gasteiger partial charge in [-0.3, -0.25) is 0 Å². The van der Waals surface area contributed by atoms with Crippen LogP contribution in [-0.4, -0.2) is 13.7 Å². The first-order valence-corrected chi connectivity index (χ1v) is 7.77. The van der Waals surface area contributed by atoms with Gasteiger partial charge in [0.15, 0.2) is 0 Å². The molecule has 6 heteroatoms.